The second kappa shape index (κ2) is 11.2. The summed E-state index contributed by atoms with van der Waals surface area (Å²) < 4.78 is 28.5. The minimum Gasteiger partial charge on any atom is -0.446 e. The molecule has 1 unspecified atom stereocenters. The summed E-state index contributed by atoms with van der Waals surface area (Å²) in [6, 6.07) is 6.87. The molecule has 0 fully saturated rings. The van der Waals surface area contributed by atoms with Gasteiger partial charge in [-0.05, 0) is 56.3 Å². The molecule has 0 aromatic heterocycles. The van der Waals surface area contributed by atoms with Crippen LogP contribution in [-0.2, 0) is 13.8 Å². The molecule has 0 saturated carbocycles. The Bertz CT molecular complexity index is 624. The Morgan fingerprint density at radius 3 is 2.80 bits per heavy atom. The van der Waals surface area contributed by atoms with E-state index in [-0.39, 0.29) is 6.10 Å². The van der Waals surface area contributed by atoms with Gasteiger partial charge in [-0.25, -0.2) is 14.8 Å². The average Bonchev–Trinajstić information content (AvgIpc) is 2.53. The van der Waals surface area contributed by atoms with Crippen LogP contribution >= 0.6 is 18.2 Å². The molecule has 0 aliphatic rings. The van der Waals surface area contributed by atoms with Crippen molar-refractivity contribution in [1.82, 2.24) is 5.43 Å². The van der Waals surface area contributed by atoms with Crippen LogP contribution in [-0.4, -0.2) is 30.8 Å². The van der Waals surface area contributed by atoms with Crippen LogP contribution in [0.5, 0.6) is 5.75 Å². The number of ether oxygens (including phenoxy) is 1. The van der Waals surface area contributed by atoms with Crippen molar-refractivity contribution < 1.29 is 23.1 Å². The minimum absolute atomic E-state index is 0.222. The fourth-order valence-corrected chi connectivity index (χ4v) is 5.08. The third-order valence-electron chi connectivity index (χ3n) is 2.53. The van der Waals surface area contributed by atoms with Crippen molar-refractivity contribution >= 4 is 30.5 Å². The van der Waals surface area contributed by atoms with Crippen LogP contribution in [0.15, 0.2) is 29.4 Å². The highest BCUT2D eigenvalue weighted by Crippen LogP contribution is 2.60. The van der Waals surface area contributed by atoms with E-state index in [1.165, 1.54) is 17.6 Å². The lowest BCUT2D eigenvalue weighted by atomic mass is 10.2. The van der Waals surface area contributed by atoms with Gasteiger partial charge in [0, 0.05) is 5.75 Å². The van der Waals surface area contributed by atoms with Crippen molar-refractivity contribution in [3.05, 3.63) is 29.8 Å². The van der Waals surface area contributed by atoms with Crippen molar-refractivity contribution in [3.63, 3.8) is 0 Å². The molecule has 7 nitrogen and oxygen atoms in total. The summed E-state index contributed by atoms with van der Waals surface area (Å²) in [6.07, 6.45) is 1.46. The highest BCUT2D eigenvalue weighted by atomic mass is 32.7. The molecule has 25 heavy (non-hydrogen) atoms. The monoisotopic (exact) mass is 388 g/mol. The van der Waals surface area contributed by atoms with Crippen LogP contribution in [0.2, 0.25) is 0 Å². The number of hydrogen-bond donors (Lipinski definition) is 1. The second-order valence-corrected chi connectivity index (χ2v) is 9.30. The summed E-state index contributed by atoms with van der Waals surface area (Å²) in [5, 5.41) is 3.81. The number of benzene rings is 1. The Balaban J connectivity index is 2.73. The van der Waals surface area contributed by atoms with E-state index >= 15 is 0 Å². The van der Waals surface area contributed by atoms with Crippen molar-refractivity contribution in [1.29, 1.82) is 0 Å². The molecule has 0 radical (unpaired) electrons. The Morgan fingerprint density at radius 1 is 1.40 bits per heavy atom. The largest absolute Gasteiger partial charge is 0.446 e. The van der Waals surface area contributed by atoms with Crippen LogP contribution in [0.3, 0.4) is 0 Å². The molecule has 9 heteroatoms. The fourth-order valence-electron chi connectivity index (χ4n) is 1.63. The van der Waals surface area contributed by atoms with Crippen molar-refractivity contribution in [2.75, 3.05) is 12.4 Å². The van der Waals surface area contributed by atoms with E-state index < -0.39 is 12.9 Å². The maximum atomic E-state index is 12.7. The molecule has 1 rings (SSSR count). The van der Waals surface area contributed by atoms with E-state index in [9.17, 15) is 9.36 Å². The number of rotatable bonds is 10. The van der Waals surface area contributed by atoms with Crippen LogP contribution in [0.1, 0.15) is 39.7 Å². The average molecular weight is 388 g/mol. The summed E-state index contributed by atoms with van der Waals surface area (Å²) in [5.74, 6) is 1.09. The first-order valence-corrected chi connectivity index (χ1v) is 11.2. The summed E-state index contributed by atoms with van der Waals surface area (Å²) in [6.45, 7) is 4.31. The number of nitrogens with one attached hydrogen (secondary N) is 1. The number of hydrazone groups is 1. The molecule has 0 aliphatic carbocycles. The van der Waals surface area contributed by atoms with Gasteiger partial charge in [0.05, 0.1) is 18.9 Å². The highest BCUT2D eigenvalue weighted by Gasteiger charge is 2.26. The number of amides is 1. The normalized spacial score (nSPS) is 13.6. The first kappa shape index (κ1) is 21.5. The number of carbonyl (C=O) groups excluding carboxylic acids is 1. The van der Waals surface area contributed by atoms with Crippen LogP contribution < -0.4 is 9.95 Å². The quantitative estimate of drug-likeness (QED) is 0.351. The maximum absolute atomic E-state index is 12.7. The summed E-state index contributed by atoms with van der Waals surface area (Å²) in [4.78, 5) is 11.3. The van der Waals surface area contributed by atoms with E-state index in [2.05, 4.69) is 10.5 Å². The maximum Gasteiger partial charge on any atom is 0.440 e. The zero-order valence-electron chi connectivity index (χ0n) is 14.9. The molecule has 0 saturated heterocycles. The SMILES string of the molecule is CCCSP(=O)(OCC)Oc1cccc(C=NNC(=O)OC(C)C)c1. The zero-order chi connectivity index (χ0) is 18.7. The fraction of sp³-hybridized carbons (Fsp3) is 0.500. The highest BCUT2D eigenvalue weighted by molar-refractivity contribution is 8.55. The summed E-state index contributed by atoms with van der Waals surface area (Å²) >= 11 is 1.18. The van der Waals surface area contributed by atoms with Crippen molar-refractivity contribution in [2.24, 2.45) is 5.10 Å². The van der Waals surface area contributed by atoms with E-state index in [0.717, 1.165) is 6.42 Å². The molecular formula is C16H25N2O5PS. The zero-order valence-corrected chi connectivity index (χ0v) is 16.6. The van der Waals surface area contributed by atoms with Gasteiger partial charge < -0.3 is 9.26 Å². The topological polar surface area (TPSA) is 86.2 Å². The van der Waals surface area contributed by atoms with Gasteiger partial charge in [0.15, 0.2) is 0 Å². The molecule has 0 heterocycles. The van der Waals surface area contributed by atoms with Crippen LogP contribution in [0.25, 0.3) is 0 Å². The third kappa shape index (κ3) is 8.95. The Hall–Kier alpha value is -1.50. The number of nitrogens with zero attached hydrogens (tertiary/aromatic N) is 1. The van der Waals surface area contributed by atoms with Gasteiger partial charge >= 0.3 is 12.9 Å². The molecule has 1 aromatic carbocycles. The van der Waals surface area contributed by atoms with E-state index in [0.29, 0.717) is 23.7 Å². The molecule has 0 aliphatic heterocycles. The van der Waals surface area contributed by atoms with Gasteiger partial charge in [-0.1, -0.05) is 19.1 Å². The minimum atomic E-state index is -3.25. The smallest absolute Gasteiger partial charge is 0.440 e. The van der Waals surface area contributed by atoms with Gasteiger partial charge in [0.2, 0.25) is 0 Å². The lowest BCUT2D eigenvalue weighted by Crippen LogP contribution is -2.22. The lowest BCUT2D eigenvalue weighted by molar-refractivity contribution is 0.116. The molecule has 140 valence electrons. The predicted molar refractivity (Wildman–Crippen MR) is 101 cm³/mol. The van der Waals surface area contributed by atoms with E-state index in [1.54, 1.807) is 45.0 Å². The lowest BCUT2D eigenvalue weighted by Gasteiger charge is -2.17. The molecule has 0 spiro atoms. The Morgan fingerprint density at radius 2 is 2.16 bits per heavy atom. The van der Waals surface area contributed by atoms with Crippen molar-refractivity contribution in [2.45, 2.75) is 40.2 Å². The van der Waals surface area contributed by atoms with E-state index in [1.807, 2.05) is 6.92 Å². The van der Waals surface area contributed by atoms with Crippen molar-refractivity contribution in [3.8, 4) is 5.75 Å². The third-order valence-corrected chi connectivity index (χ3v) is 6.48. The van der Waals surface area contributed by atoms with Crippen LogP contribution in [0, 0.1) is 0 Å². The summed E-state index contributed by atoms with van der Waals surface area (Å²) in [5.41, 5.74) is 2.93. The molecule has 1 aromatic rings. The number of hydrogen-bond acceptors (Lipinski definition) is 7. The number of carbonyl (C=O) groups is 1. The molecular weight excluding hydrogens is 363 g/mol. The molecule has 0 bridgehead atoms. The van der Waals surface area contributed by atoms with Gasteiger partial charge in [-0.15, -0.1) is 0 Å². The Labute approximate surface area is 152 Å². The molecule has 1 N–H and O–H groups in total. The predicted octanol–water partition coefficient (Wildman–Crippen LogP) is 4.82. The van der Waals surface area contributed by atoms with Gasteiger partial charge in [-0.3, -0.25) is 4.52 Å². The van der Waals surface area contributed by atoms with Gasteiger partial charge in [0.25, 0.3) is 0 Å². The Kier molecular flexibility index (Phi) is 9.63. The first-order valence-electron chi connectivity index (χ1n) is 8.07. The summed E-state index contributed by atoms with van der Waals surface area (Å²) in [7, 11) is 0. The molecule has 1 amide bonds. The standard InChI is InChI=1S/C16H25N2O5PS/c1-5-10-25-24(20,21-6-2)23-15-9-7-8-14(11-15)12-17-18-16(19)22-13(3)4/h7-9,11-13H,5-6,10H2,1-4H3,(H,18,19). The first-order chi connectivity index (χ1) is 11.9. The van der Waals surface area contributed by atoms with Crippen LogP contribution in [0.4, 0.5) is 4.79 Å². The molecule has 1 atom stereocenters. The van der Waals surface area contributed by atoms with Gasteiger partial charge in [0.1, 0.15) is 5.75 Å². The van der Waals surface area contributed by atoms with E-state index in [4.69, 9.17) is 13.8 Å². The van der Waals surface area contributed by atoms with Gasteiger partial charge in [-0.2, -0.15) is 5.10 Å². The second-order valence-electron chi connectivity index (χ2n) is 5.19.